The van der Waals surface area contributed by atoms with Crippen molar-refractivity contribution >= 4 is 5.97 Å². The lowest BCUT2D eigenvalue weighted by molar-refractivity contribution is -0.145. The van der Waals surface area contributed by atoms with Crippen LogP contribution < -0.4 is 0 Å². The lowest BCUT2D eigenvalue weighted by Crippen LogP contribution is -2.14. The van der Waals surface area contributed by atoms with E-state index >= 15 is 0 Å². The number of unbranched alkanes of at least 4 members (excludes halogenated alkanes) is 10. The molecule has 0 heterocycles. The fourth-order valence-corrected chi connectivity index (χ4v) is 2.86. The van der Waals surface area contributed by atoms with E-state index in [-0.39, 0.29) is 5.97 Å². The van der Waals surface area contributed by atoms with Crippen molar-refractivity contribution < 1.29 is 23.7 Å². The summed E-state index contributed by atoms with van der Waals surface area (Å²) in [4.78, 5) is 11.6. The summed E-state index contributed by atoms with van der Waals surface area (Å²) in [5.41, 5.74) is 0. The molecule has 0 radical (unpaired) electrons. The fourth-order valence-electron chi connectivity index (χ4n) is 2.86. The maximum atomic E-state index is 11.6. The van der Waals surface area contributed by atoms with Gasteiger partial charge in [0.2, 0.25) is 0 Å². The third-order valence-electron chi connectivity index (χ3n) is 4.61. The van der Waals surface area contributed by atoms with Crippen LogP contribution in [0.4, 0.5) is 0 Å². The highest BCUT2D eigenvalue weighted by Crippen LogP contribution is 2.10. The number of carbonyl (C=O) groups is 1. The van der Waals surface area contributed by atoms with Crippen molar-refractivity contribution in [2.45, 2.75) is 97.3 Å². The van der Waals surface area contributed by atoms with E-state index in [4.69, 9.17) is 18.9 Å². The summed E-state index contributed by atoms with van der Waals surface area (Å²) >= 11 is 0. The van der Waals surface area contributed by atoms with Crippen molar-refractivity contribution in [2.24, 2.45) is 0 Å². The summed E-state index contributed by atoms with van der Waals surface area (Å²) in [5.74, 6) is -0.108. The first-order valence-electron chi connectivity index (χ1n) is 11.7. The third-order valence-corrected chi connectivity index (χ3v) is 4.61. The number of rotatable bonds is 23. The van der Waals surface area contributed by atoms with Gasteiger partial charge in [0.05, 0.1) is 33.0 Å². The summed E-state index contributed by atoms with van der Waals surface area (Å²) in [6, 6.07) is 0. The second-order valence-corrected chi connectivity index (χ2v) is 7.34. The summed E-state index contributed by atoms with van der Waals surface area (Å²) < 4.78 is 21.5. The average Bonchev–Trinajstić information content (AvgIpc) is 2.70. The first-order valence-corrected chi connectivity index (χ1v) is 11.7. The zero-order valence-electron chi connectivity index (χ0n) is 18.7. The van der Waals surface area contributed by atoms with Gasteiger partial charge in [-0.25, -0.2) is 0 Å². The van der Waals surface area contributed by atoms with Crippen LogP contribution in [0.3, 0.4) is 0 Å². The molecule has 0 saturated heterocycles. The lowest BCUT2D eigenvalue weighted by Gasteiger charge is -2.07. The normalized spacial score (nSPS) is 11.1. The van der Waals surface area contributed by atoms with E-state index in [1.165, 1.54) is 57.8 Å². The van der Waals surface area contributed by atoms with Gasteiger partial charge in [-0.2, -0.15) is 0 Å². The summed E-state index contributed by atoms with van der Waals surface area (Å²) in [6.45, 7) is 8.31. The van der Waals surface area contributed by atoms with Crippen molar-refractivity contribution in [1.82, 2.24) is 0 Å². The number of esters is 1. The molecule has 0 fully saturated rings. The third kappa shape index (κ3) is 23.4. The lowest BCUT2D eigenvalue weighted by atomic mass is 10.1. The number of carbonyl (C=O) groups excluding carboxylic acids is 1. The van der Waals surface area contributed by atoms with Crippen molar-refractivity contribution in [3.05, 3.63) is 0 Å². The molecule has 0 rings (SSSR count). The molecule has 0 aliphatic carbocycles. The molecule has 0 spiro atoms. The van der Waals surface area contributed by atoms with Gasteiger partial charge in [0, 0.05) is 13.0 Å². The molecule has 0 aromatic carbocycles. The molecule has 0 saturated carbocycles. The minimum Gasteiger partial charge on any atom is -0.463 e. The van der Waals surface area contributed by atoms with Crippen LogP contribution >= 0.6 is 0 Å². The molecule has 0 amide bonds. The molecule has 28 heavy (non-hydrogen) atoms. The molecule has 168 valence electrons. The number of hydrogen-bond acceptors (Lipinski definition) is 5. The second-order valence-electron chi connectivity index (χ2n) is 7.34. The summed E-state index contributed by atoms with van der Waals surface area (Å²) in [5, 5.41) is 0. The van der Waals surface area contributed by atoms with Gasteiger partial charge in [0.15, 0.2) is 0 Å². The van der Waals surface area contributed by atoms with Crippen LogP contribution in [-0.2, 0) is 23.7 Å². The topological polar surface area (TPSA) is 54.0 Å². The maximum absolute atomic E-state index is 11.6. The molecule has 0 aromatic heterocycles. The standard InChI is InChI=1S/C23H46O5/c1-3-5-7-8-9-10-11-12-13-15-23(24)28-22-21-27-20-19-26-18-17-25-16-14-6-4-2/h3-22H2,1-2H3. The van der Waals surface area contributed by atoms with E-state index in [2.05, 4.69) is 13.8 Å². The Hall–Kier alpha value is -0.650. The van der Waals surface area contributed by atoms with E-state index in [0.29, 0.717) is 46.1 Å². The molecular weight excluding hydrogens is 356 g/mol. The number of ether oxygens (including phenoxy) is 4. The molecule has 5 nitrogen and oxygen atoms in total. The van der Waals surface area contributed by atoms with Gasteiger partial charge in [-0.15, -0.1) is 0 Å². The van der Waals surface area contributed by atoms with Crippen LogP contribution in [0.1, 0.15) is 97.3 Å². The van der Waals surface area contributed by atoms with Crippen molar-refractivity contribution in [2.75, 3.05) is 46.2 Å². The van der Waals surface area contributed by atoms with E-state index in [1.807, 2.05) is 0 Å². The first-order chi connectivity index (χ1) is 13.8. The molecular formula is C23H46O5. The van der Waals surface area contributed by atoms with Crippen LogP contribution in [0.15, 0.2) is 0 Å². The minimum absolute atomic E-state index is 0.108. The molecule has 0 N–H and O–H groups in total. The maximum Gasteiger partial charge on any atom is 0.305 e. The highest BCUT2D eigenvalue weighted by atomic mass is 16.6. The van der Waals surface area contributed by atoms with Crippen molar-refractivity contribution in [3.63, 3.8) is 0 Å². The minimum atomic E-state index is -0.108. The molecule has 0 aromatic rings. The molecule has 0 aliphatic heterocycles. The second kappa shape index (κ2) is 24.4. The average molecular weight is 403 g/mol. The molecule has 0 aliphatic rings. The zero-order valence-corrected chi connectivity index (χ0v) is 18.7. The molecule has 0 atom stereocenters. The van der Waals surface area contributed by atoms with E-state index < -0.39 is 0 Å². The van der Waals surface area contributed by atoms with E-state index in [0.717, 1.165) is 25.9 Å². The van der Waals surface area contributed by atoms with E-state index in [9.17, 15) is 4.79 Å². The quantitative estimate of drug-likeness (QED) is 0.162. The zero-order chi connectivity index (χ0) is 20.5. The van der Waals surface area contributed by atoms with Gasteiger partial charge in [0.1, 0.15) is 6.61 Å². The molecule has 5 heteroatoms. The summed E-state index contributed by atoms with van der Waals surface area (Å²) in [7, 11) is 0. The highest BCUT2D eigenvalue weighted by Gasteiger charge is 2.02. The Kier molecular flexibility index (Phi) is 23.8. The van der Waals surface area contributed by atoms with Crippen LogP contribution in [-0.4, -0.2) is 52.2 Å². The van der Waals surface area contributed by atoms with Crippen molar-refractivity contribution in [3.8, 4) is 0 Å². The Labute approximate surface area is 173 Å². The molecule has 0 bridgehead atoms. The highest BCUT2D eigenvalue weighted by molar-refractivity contribution is 5.69. The Morgan fingerprint density at radius 1 is 0.500 bits per heavy atom. The Balaban J connectivity index is 3.13. The number of hydrogen-bond donors (Lipinski definition) is 0. The largest absolute Gasteiger partial charge is 0.463 e. The van der Waals surface area contributed by atoms with Crippen LogP contribution in [0, 0.1) is 0 Å². The predicted octanol–water partition coefficient (Wildman–Crippen LogP) is 5.69. The van der Waals surface area contributed by atoms with Crippen molar-refractivity contribution in [1.29, 1.82) is 0 Å². The van der Waals surface area contributed by atoms with Crippen LogP contribution in [0.25, 0.3) is 0 Å². The Bertz CT molecular complexity index is 309. The molecule has 0 unspecified atom stereocenters. The van der Waals surface area contributed by atoms with Gasteiger partial charge in [-0.05, 0) is 12.8 Å². The van der Waals surface area contributed by atoms with Gasteiger partial charge < -0.3 is 18.9 Å². The van der Waals surface area contributed by atoms with Gasteiger partial charge in [0.25, 0.3) is 0 Å². The van der Waals surface area contributed by atoms with Crippen LogP contribution in [0.2, 0.25) is 0 Å². The van der Waals surface area contributed by atoms with Gasteiger partial charge >= 0.3 is 5.97 Å². The SMILES string of the molecule is CCCCCCCCCCCC(=O)OCCOCCOCCOCCCCC. The Morgan fingerprint density at radius 3 is 1.50 bits per heavy atom. The first kappa shape index (κ1) is 27.4. The Morgan fingerprint density at radius 2 is 0.929 bits per heavy atom. The predicted molar refractivity (Wildman–Crippen MR) is 115 cm³/mol. The van der Waals surface area contributed by atoms with E-state index in [1.54, 1.807) is 0 Å². The van der Waals surface area contributed by atoms with Gasteiger partial charge in [-0.3, -0.25) is 4.79 Å². The van der Waals surface area contributed by atoms with Gasteiger partial charge in [-0.1, -0.05) is 78.1 Å². The summed E-state index contributed by atoms with van der Waals surface area (Å²) in [6.07, 6.45) is 15.4. The monoisotopic (exact) mass is 402 g/mol. The smallest absolute Gasteiger partial charge is 0.305 e. The van der Waals surface area contributed by atoms with Crippen LogP contribution in [0.5, 0.6) is 0 Å². The fraction of sp³-hybridized carbons (Fsp3) is 0.957.